The first kappa shape index (κ1) is 83.6. The van der Waals surface area contributed by atoms with E-state index in [2.05, 4.69) is 15.0 Å². The molecule has 0 aromatic carbocycles. The second-order valence-electron chi connectivity index (χ2n) is 10.8. The summed E-state index contributed by atoms with van der Waals surface area (Å²) in [4.78, 5) is 11.0. The van der Waals surface area contributed by atoms with Crippen molar-refractivity contribution in [3.8, 4) is 0 Å². The molecular formula is C29H22F39N3O2Sn. The van der Waals surface area contributed by atoms with Gasteiger partial charge in [-0.05, 0) is 0 Å². The Morgan fingerprint density at radius 2 is 0.824 bits per heavy atom. The largest absolute Gasteiger partial charge is 0.559 e. The monoisotopic (exact) mass is 1310 g/mol. The number of hydrogen-bond donors (Lipinski definition) is 0. The summed E-state index contributed by atoms with van der Waals surface area (Å²) < 4.78 is 411. The first-order chi connectivity index (χ1) is 32.6. The molecule has 0 amide bonds. The van der Waals surface area contributed by atoms with Gasteiger partial charge in [-0.25, -0.2) is 52.7 Å². The van der Waals surface area contributed by atoms with Crippen LogP contribution >= 0.6 is 0 Å². The molecule has 2 atom stereocenters. The summed E-state index contributed by atoms with van der Waals surface area (Å²) >= 11 is -1.26. The second kappa shape index (κ2) is 38.2. The third-order valence-corrected chi connectivity index (χ3v) is 9.38. The Balaban J connectivity index is -0.000000146. The van der Waals surface area contributed by atoms with Gasteiger partial charge in [-0.2, -0.15) is 0 Å². The molecule has 0 aliphatic heterocycles. The molecule has 1 aromatic heterocycles. The van der Waals surface area contributed by atoms with Crippen LogP contribution in [-0.2, 0) is 20.5 Å². The van der Waals surface area contributed by atoms with Crippen LogP contribution in [0.15, 0.2) is 52.6 Å². The minimum absolute atomic E-state index is 0.0375. The molecule has 0 fully saturated rings. The van der Waals surface area contributed by atoms with E-state index < -0.39 is 163 Å². The van der Waals surface area contributed by atoms with E-state index in [1.54, 1.807) is 6.20 Å². The van der Waals surface area contributed by atoms with E-state index in [0.29, 0.717) is 10.1 Å². The van der Waals surface area contributed by atoms with Crippen molar-refractivity contribution < 1.29 is 181 Å². The number of methoxy groups -OCH3 is 1. The molecule has 1 aromatic rings. The van der Waals surface area contributed by atoms with Gasteiger partial charge in [0.1, 0.15) is 5.83 Å². The van der Waals surface area contributed by atoms with Crippen molar-refractivity contribution in [3.63, 3.8) is 0 Å². The molecule has 3 aliphatic carbocycles. The van der Waals surface area contributed by atoms with Crippen molar-refractivity contribution in [2.75, 3.05) is 27.9 Å². The van der Waals surface area contributed by atoms with Crippen LogP contribution in [0.1, 0.15) is 25.0 Å². The molecule has 0 N–H and O–H groups in total. The topological polar surface area (TPSA) is 57.0 Å². The second-order valence-corrected chi connectivity index (χ2v) is 14.2. The summed E-state index contributed by atoms with van der Waals surface area (Å²) in [6, 6.07) is 0. The molecule has 1 heterocycles. The van der Waals surface area contributed by atoms with Gasteiger partial charge in [0.15, 0.2) is 29.0 Å². The fraction of sp³-hybridized carbons (Fsp3) is 0.621. The van der Waals surface area contributed by atoms with E-state index in [4.69, 9.17) is 0 Å². The van der Waals surface area contributed by atoms with Gasteiger partial charge in [-0.3, -0.25) is 0 Å². The van der Waals surface area contributed by atoms with Gasteiger partial charge in [-0.15, -0.1) is 105 Å². The number of ether oxygens (including phenoxy) is 1. The van der Waals surface area contributed by atoms with Gasteiger partial charge in [-0.1, -0.05) is 0 Å². The quantitative estimate of drug-likeness (QED) is 0.148. The van der Waals surface area contributed by atoms with Crippen LogP contribution in [-0.4, -0.2) is 120 Å². The SMILES string of the molecule is COC(=O)Cn1cc([CH2][Sn][CH2]C2(F)CC(F)=C2F)nn1.FC(F)(F)F.FC(F)(F)F.FC(F)(F)F.FC(F)(F)F.FC(F)(F)F.FC(F)(F)F.FC1=C(F)C(F)(CC2=C(F)C(F)=C2F)C1.FCF.FCF.FCF. The number of alkyl halides is 32. The number of carbonyl (C=O) groups excluding carboxylic acids is 1. The Labute approximate surface area is 393 Å². The molecule has 3 aliphatic rings. The average molecular weight is 1300 g/mol. The van der Waals surface area contributed by atoms with Crippen molar-refractivity contribution in [2.24, 2.45) is 0 Å². The predicted octanol–water partition coefficient (Wildman–Crippen LogP) is 16.9. The fourth-order valence-electron chi connectivity index (χ4n) is 3.27. The van der Waals surface area contributed by atoms with Crippen LogP contribution in [0.4, 0.5) is 171 Å². The van der Waals surface area contributed by atoms with Crippen LogP contribution in [0.3, 0.4) is 0 Å². The molecule has 0 spiro atoms. The first-order valence-electron chi connectivity index (χ1n) is 16.0. The van der Waals surface area contributed by atoms with Crippen molar-refractivity contribution in [1.82, 2.24) is 15.0 Å². The molecule has 74 heavy (non-hydrogen) atoms. The molecule has 0 saturated heterocycles. The molecule has 0 bridgehead atoms. The molecule has 2 radical (unpaired) electrons. The first-order valence-corrected chi connectivity index (χ1v) is 20.1. The zero-order valence-corrected chi connectivity index (χ0v) is 37.2. The third-order valence-electron chi connectivity index (χ3n) is 5.32. The number of carbonyl (C=O) groups is 1. The Hall–Kier alpha value is -4.36. The van der Waals surface area contributed by atoms with Gasteiger partial charge >= 0.3 is 162 Å². The Kier molecular flexibility index (Phi) is 43.2. The van der Waals surface area contributed by atoms with Crippen LogP contribution < -0.4 is 0 Å². The zero-order chi connectivity index (χ0) is 61.3. The van der Waals surface area contributed by atoms with Gasteiger partial charge in [0.25, 0.3) is 0 Å². The number of allylic oxidation sites excluding steroid dienone is 8. The number of aromatic nitrogens is 3. The minimum atomic E-state index is -5.50. The maximum atomic E-state index is 13.7. The number of rotatable bonds is 8. The van der Waals surface area contributed by atoms with E-state index >= 15 is 0 Å². The Morgan fingerprint density at radius 1 is 0.541 bits per heavy atom. The fourth-order valence-corrected chi connectivity index (χ4v) is 6.75. The van der Waals surface area contributed by atoms with Gasteiger partial charge in [0.2, 0.25) is 20.8 Å². The van der Waals surface area contributed by atoms with E-state index in [-0.39, 0.29) is 11.0 Å². The van der Waals surface area contributed by atoms with Crippen LogP contribution in [0.2, 0.25) is 4.44 Å². The van der Waals surface area contributed by atoms with Gasteiger partial charge in [0, 0.05) is 18.4 Å². The number of hydrogen-bond acceptors (Lipinski definition) is 4. The van der Waals surface area contributed by atoms with Crippen molar-refractivity contribution in [3.05, 3.63) is 58.3 Å². The van der Waals surface area contributed by atoms with E-state index in [9.17, 15) is 176 Å². The minimum Gasteiger partial charge on any atom is -0.235 e. The molecule has 0 saturated carbocycles. The number of esters is 1. The average Bonchev–Trinajstić information content (AvgIpc) is 3.60. The summed E-state index contributed by atoms with van der Waals surface area (Å²) in [7, 11) is 1.27. The zero-order valence-electron chi connectivity index (χ0n) is 34.3. The standard InChI is InChI=1S/C9H4F6.C6H8N3O2.C5H4F3.6CF4.3CH2F2.Sn/c10-4-2-9(15,8(4)14)1-3-5(11)7(13)6(3)12;1-5-3-9(8-7-5)4-6(10)11-2;1-5(8)2-3(6)4(5)7;6*2-1(3,4)5;3*2-1-3;/h1-2H2;3H,1,4H2,2H3;1-2H2;;;;;;;3*1H2;. The van der Waals surface area contributed by atoms with Crippen LogP contribution in [0, 0.1) is 0 Å². The summed E-state index contributed by atoms with van der Waals surface area (Å²) in [5, 5.41) is 7.58. The normalized spacial score (nSPS) is 17.7. The smallest absolute Gasteiger partial charge is 0.235 e. The van der Waals surface area contributed by atoms with Crippen LogP contribution in [0.5, 0.6) is 0 Å². The van der Waals surface area contributed by atoms with E-state index in [1.807, 2.05) is 0 Å². The van der Waals surface area contributed by atoms with Gasteiger partial charge in [0.05, 0.1) is 0 Å². The molecular weight excluding hydrogens is 1280 g/mol. The predicted molar refractivity (Wildman–Crippen MR) is 168 cm³/mol. The third kappa shape index (κ3) is 63.8. The Morgan fingerprint density at radius 3 is 1.07 bits per heavy atom. The summed E-state index contributed by atoms with van der Waals surface area (Å²) in [6.45, 7) is -5.29. The van der Waals surface area contributed by atoms with Crippen molar-refractivity contribution in [2.45, 2.75) is 84.6 Å². The summed E-state index contributed by atoms with van der Waals surface area (Å²) in [6.07, 6.45) is -33.8. The summed E-state index contributed by atoms with van der Waals surface area (Å²) in [5.41, 5.74) is -5.04. The molecule has 2 unspecified atom stereocenters. The Bertz CT molecular complexity index is 1660. The number of halogens is 39. The molecule has 45 heteroatoms. The van der Waals surface area contributed by atoms with Gasteiger partial charge < -0.3 is 0 Å². The molecule has 5 nitrogen and oxygen atoms in total. The van der Waals surface area contributed by atoms with Crippen molar-refractivity contribution in [1.29, 1.82) is 0 Å². The van der Waals surface area contributed by atoms with Crippen LogP contribution in [0.25, 0.3) is 0 Å². The van der Waals surface area contributed by atoms with Crippen molar-refractivity contribution >= 4 is 27.1 Å². The molecule has 442 valence electrons. The maximum absolute atomic E-state index is 13.7. The number of nitrogens with zero attached hydrogens (tertiary/aromatic N) is 3. The summed E-state index contributed by atoms with van der Waals surface area (Å²) in [5.74, 6) is -10.3. The van der Waals surface area contributed by atoms with E-state index in [1.165, 1.54) is 11.8 Å². The molecule has 4 rings (SSSR count). The van der Waals surface area contributed by atoms with E-state index in [0.717, 1.165) is 0 Å². The maximum Gasteiger partial charge on any atom is 0.559 e.